The van der Waals surface area contributed by atoms with E-state index in [-0.39, 0.29) is 24.1 Å². The Balaban J connectivity index is 1.73. The predicted molar refractivity (Wildman–Crippen MR) is 119 cm³/mol. The molecule has 1 unspecified atom stereocenters. The Morgan fingerprint density at radius 3 is 1.89 bits per heavy atom. The molecule has 0 saturated carbocycles. The SMILES string of the molecule is CC1(C)OB(C(CCO[Si](C)(C)c2ccccc2)c2ccccc2)OC1(C)C. The molecule has 0 N–H and O–H groups in total. The third-order valence-electron chi connectivity index (χ3n) is 6.19. The third-order valence-corrected chi connectivity index (χ3v) is 8.84. The number of rotatable bonds is 7. The summed E-state index contributed by atoms with van der Waals surface area (Å²) in [5, 5.41) is 1.32. The molecule has 0 aromatic heterocycles. The predicted octanol–water partition coefficient (Wildman–Crippen LogP) is 4.92. The molecule has 1 aliphatic heterocycles. The van der Waals surface area contributed by atoms with Crippen molar-refractivity contribution >= 4 is 20.6 Å². The van der Waals surface area contributed by atoms with Crippen LogP contribution in [0.5, 0.6) is 0 Å². The van der Waals surface area contributed by atoms with Crippen LogP contribution >= 0.6 is 0 Å². The van der Waals surface area contributed by atoms with E-state index in [4.69, 9.17) is 13.7 Å². The van der Waals surface area contributed by atoms with Gasteiger partial charge in [-0.15, -0.1) is 0 Å². The fourth-order valence-corrected chi connectivity index (χ4v) is 5.37. The van der Waals surface area contributed by atoms with Gasteiger partial charge in [-0.3, -0.25) is 0 Å². The van der Waals surface area contributed by atoms with Crippen LogP contribution in [0.25, 0.3) is 0 Å². The zero-order chi connectivity index (χ0) is 20.4. The lowest BCUT2D eigenvalue weighted by Gasteiger charge is -2.32. The lowest BCUT2D eigenvalue weighted by molar-refractivity contribution is 0.00578. The molecule has 1 aliphatic rings. The summed E-state index contributed by atoms with van der Waals surface area (Å²) in [4.78, 5) is 0. The molecule has 0 amide bonds. The van der Waals surface area contributed by atoms with Gasteiger partial charge < -0.3 is 13.7 Å². The molecule has 2 aromatic carbocycles. The van der Waals surface area contributed by atoms with Crippen LogP contribution in [-0.2, 0) is 13.7 Å². The van der Waals surface area contributed by atoms with E-state index in [9.17, 15) is 0 Å². The molecule has 1 heterocycles. The molecular weight excluding hydrogens is 363 g/mol. The average Bonchev–Trinajstić information content (AvgIpc) is 2.87. The van der Waals surface area contributed by atoms with Gasteiger partial charge in [0.2, 0.25) is 8.32 Å². The minimum Gasteiger partial charge on any atom is -0.413 e. The highest BCUT2D eigenvalue weighted by Crippen LogP contribution is 2.41. The van der Waals surface area contributed by atoms with Crippen LogP contribution in [0, 0.1) is 0 Å². The largest absolute Gasteiger partial charge is 0.465 e. The van der Waals surface area contributed by atoms with Crippen molar-refractivity contribution in [3.05, 3.63) is 66.2 Å². The smallest absolute Gasteiger partial charge is 0.413 e. The number of hydrogen-bond acceptors (Lipinski definition) is 3. The van der Waals surface area contributed by atoms with Gasteiger partial charge in [0.25, 0.3) is 0 Å². The Morgan fingerprint density at radius 2 is 1.36 bits per heavy atom. The normalized spacial score (nSPS) is 19.6. The molecule has 0 spiro atoms. The maximum atomic E-state index is 6.46. The van der Waals surface area contributed by atoms with E-state index in [1.165, 1.54) is 10.8 Å². The Bertz CT molecular complexity index is 746. The maximum Gasteiger partial charge on any atom is 0.465 e. The first kappa shape index (κ1) is 21.3. The van der Waals surface area contributed by atoms with Gasteiger partial charge in [0.05, 0.1) is 11.2 Å². The Kier molecular flexibility index (Phi) is 6.20. The molecule has 3 nitrogen and oxygen atoms in total. The summed E-state index contributed by atoms with van der Waals surface area (Å²) >= 11 is 0. The Hall–Kier alpha value is -1.40. The fraction of sp³-hybridized carbons (Fsp3) is 0.478. The van der Waals surface area contributed by atoms with Crippen LogP contribution in [0.15, 0.2) is 60.7 Å². The van der Waals surface area contributed by atoms with E-state index in [1.807, 2.05) is 6.07 Å². The minimum absolute atomic E-state index is 0.142. The van der Waals surface area contributed by atoms with Gasteiger partial charge >= 0.3 is 7.12 Å². The van der Waals surface area contributed by atoms with Gasteiger partial charge in [-0.25, -0.2) is 0 Å². The third kappa shape index (κ3) is 4.60. The van der Waals surface area contributed by atoms with E-state index < -0.39 is 8.32 Å². The molecule has 0 bridgehead atoms. The molecule has 1 atom stereocenters. The van der Waals surface area contributed by atoms with E-state index in [0.717, 1.165) is 6.42 Å². The second-order valence-corrected chi connectivity index (χ2v) is 13.0. The summed E-state index contributed by atoms with van der Waals surface area (Å²) in [7, 11) is -2.19. The molecule has 1 saturated heterocycles. The van der Waals surface area contributed by atoms with Crippen molar-refractivity contribution in [1.29, 1.82) is 0 Å². The maximum absolute atomic E-state index is 6.46. The fourth-order valence-electron chi connectivity index (χ4n) is 3.58. The summed E-state index contributed by atoms with van der Waals surface area (Å²) in [6, 6.07) is 21.1. The summed E-state index contributed by atoms with van der Waals surface area (Å²) in [5.74, 6) is 0.142. The first-order chi connectivity index (χ1) is 13.1. The van der Waals surface area contributed by atoms with Crippen LogP contribution in [0.1, 0.15) is 45.5 Å². The molecule has 5 heteroatoms. The minimum atomic E-state index is -1.93. The summed E-state index contributed by atoms with van der Waals surface area (Å²) < 4.78 is 19.2. The first-order valence-corrected chi connectivity index (χ1v) is 13.1. The summed E-state index contributed by atoms with van der Waals surface area (Å²) in [5.41, 5.74) is 0.580. The van der Waals surface area contributed by atoms with E-state index in [2.05, 4.69) is 95.4 Å². The molecule has 0 aliphatic carbocycles. The van der Waals surface area contributed by atoms with Gasteiger partial charge in [-0.05, 0) is 58.0 Å². The van der Waals surface area contributed by atoms with Crippen molar-refractivity contribution in [3.8, 4) is 0 Å². The van der Waals surface area contributed by atoms with Gasteiger partial charge in [0.15, 0.2) is 0 Å². The molecule has 3 rings (SSSR count). The highest BCUT2D eigenvalue weighted by atomic mass is 28.4. The van der Waals surface area contributed by atoms with E-state index in [0.29, 0.717) is 6.61 Å². The van der Waals surface area contributed by atoms with Crippen molar-refractivity contribution in [2.45, 2.75) is 64.2 Å². The molecule has 150 valence electrons. The highest BCUT2D eigenvalue weighted by Gasteiger charge is 2.53. The number of benzene rings is 2. The van der Waals surface area contributed by atoms with Gasteiger partial charge in [0.1, 0.15) is 0 Å². The molecule has 0 radical (unpaired) electrons. The van der Waals surface area contributed by atoms with E-state index in [1.54, 1.807) is 0 Å². The monoisotopic (exact) mass is 396 g/mol. The van der Waals surface area contributed by atoms with Crippen LogP contribution in [0.3, 0.4) is 0 Å². The van der Waals surface area contributed by atoms with Crippen molar-refractivity contribution in [2.24, 2.45) is 0 Å². The van der Waals surface area contributed by atoms with Crippen LogP contribution < -0.4 is 5.19 Å². The van der Waals surface area contributed by atoms with E-state index >= 15 is 0 Å². The molecular formula is C23H33BO3Si. The quantitative estimate of drug-likeness (QED) is 0.622. The van der Waals surface area contributed by atoms with Gasteiger partial charge in [-0.2, -0.15) is 0 Å². The second-order valence-electron chi connectivity index (χ2n) is 9.16. The highest BCUT2D eigenvalue weighted by molar-refractivity contribution is 6.84. The van der Waals surface area contributed by atoms with Crippen LogP contribution in [0.2, 0.25) is 13.1 Å². The Labute approximate surface area is 171 Å². The standard InChI is InChI=1S/C23H33BO3Si/c1-22(2)23(3,4)27-24(26-22)21(19-13-9-7-10-14-19)17-18-25-28(5,6)20-15-11-8-12-16-20/h7-16,21H,17-18H2,1-6H3. The van der Waals surface area contributed by atoms with Gasteiger partial charge in [-0.1, -0.05) is 60.7 Å². The van der Waals surface area contributed by atoms with Crippen LogP contribution in [0.4, 0.5) is 0 Å². The molecule has 28 heavy (non-hydrogen) atoms. The zero-order valence-electron chi connectivity index (χ0n) is 18.1. The zero-order valence-corrected chi connectivity index (χ0v) is 19.1. The summed E-state index contributed by atoms with van der Waals surface area (Å²) in [6.45, 7) is 13.6. The topological polar surface area (TPSA) is 27.7 Å². The van der Waals surface area contributed by atoms with Crippen molar-refractivity contribution < 1.29 is 13.7 Å². The van der Waals surface area contributed by atoms with Crippen molar-refractivity contribution in [2.75, 3.05) is 6.61 Å². The number of hydrogen-bond donors (Lipinski definition) is 0. The van der Waals surface area contributed by atoms with Gasteiger partial charge in [0, 0.05) is 12.4 Å². The average molecular weight is 396 g/mol. The molecule has 1 fully saturated rings. The molecule has 2 aromatic rings. The lowest BCUT2D eigenvalue weighted by atomic mass is 9.66. The second kappa shape index (κ2) is 8.15. The van der Waals surface area contributed by atoms with Crippen LogP contribution in [-0.4, -0.2) is 33.2 Å². The summed E-state index contributed by atoms with van der Waals surface area (Å²) in [6.07, 6.45) is 0.865. The van der Waals surface area contributed by atoms with Crippen molar-refractivity contribution in [3.63, 3.8) is 0 Å². The lowest BCUT2D eigenvalue weighted by Crippen LogP contribution is -2.45. The first-order valence-electron chi connectivity index (χ1n) is 10.2. The Morgan fingerprint density at radius 1 is 0.857 bits per heavy atom. The van der Waals surface area contributed by atoms with Crippen molar-refractivity contribution in [1.82, 2.24) is 0 Å².